The summed E-state index contributed by atoms with van der Waals surface area (Å²) in [6.45, 7) is -1.35. The summed E-state index contributed by atoms with van der Waals surface area (Å²) in [5, 5.41) is 30.7. The second kappa shape index (κ2) is 6.89. The zero-order chi connectivity index (χ0) is 16.0. The first-order chi connectivity index (χ1) is 9.82. The number of amides is 2. The Kier molecular flexibility index (Phi) is 5.24. The van der Waals surface area contributed by atoms with E-state index in [2.05, 4.69) is 0 Å². The van der Waals surface area contributed by atoms with Crippen molar-refractivity contribution in [3.05, 3.63) is 29.3 Å². The zero-order valence-electron chi connectivity index (χ0n) is 10.6. The lowest BCUT2D eigenvalue weighted by Gasteiger charge is -2.10. The number of carboxylic acids is 2. The van der Waals surface area contributed by atoms with Crippen LogP contribution in [-0.2, 0) is 9.59 Å². The van der Waals surface area contributed by atoms with Crippen molar-refractivity contribution < 1.29 is 34.5 Å². The highest BCUT2D eigenvalue weighted by Crippen LogP contribution is 2.20. The number of carbonyl (C=O) groups excluding carboxylic acids is 2. The van der Waals surface area contributed by atoms with Crippen molar-refractivity contribution in [3.8, 4) is 5.75 Å². The molecule has 1 aromatic carbocycles. The standard InChI is InChI=1S/C12H12N2O7/c15-7-3-1-2-6(11(20)13-4-8(16)17)10(7)12(21)14-5-9(18)19/h1-3,15H,4-5H2,(H,13,20)(H,14,21)(H,16,17)(H,18,19). The minimum atomic E-state index is -1.30. The molecule has 9 heteroatoms. The first-order valence-corrected chi connectivity index (χ1v) is 5.65. The number of rotatable bonds is 6. The molecular weight excluding hydrogens is 284 g/mol. The second-order valence-corrected chi connectivity index (χ2v) is 3.85. The Morgan fingerprint density at radius 1 is 0.905 bits per heavy atom. The Balaban J connectivity index is 3.02. The monoisotopic (exact) mass is 296 g/mol. The van der Waals surface area contributed by atoms with Crippen molar-refractivity contribution in [2.24, 2.45) is 0 Å². The fourth-order valence-electron chi connectivity index (χ4n) is 1.46. The van der Waals surface area contributed by atoms with Crippen LogP contribution < -0.4 is 10.6 Å². The van der Waals surface area contributed by atoms with E-state index in [4.69, 9.17) is 10.2 Å². The van der Waals surface area contributed by atoms with Crippen LogP contribution >= 0.6 is 0 Å². The number of phenols is 1. The van der Waals surface area contributed by atoms with Gasteiger partial charge in [-0.15, -0.1) is 0 Å². The number of phenolic OH excluding ortho intramolecular Hbond substituents is 1. The fourth-order valence-corrected chi connectivity index (χ4v) is 1.46. The van der Waals surface area contributed by atoms with Crippen LogP contribution in [0.15, 0.2) is 18.2 Å². The van der Waals surface area contributed by atoms with Gasteiger partial charge in [-0.05, 0) is 12.1 Å². The molecule has 9 nitrogen and oxygen atoms in total. The average molecular weight is 296 g/mol. The molecule has 0 saturated heterocycles. The molecule has 0 aliphatic carbocycles. The Bertz CT molecular complexity index is 597. The van der Waals surface area contributed by atoms with E-state index in [1.54, 1.807) is 0 Å². The van der Waals surface area contributed by atoms with Crippen molar-refractivity contribution in [3.63, 3.8) is 0 Å². The molecule has 1 rings (SSSR count). The summed E-state index contributed by atoms with van der Waals surface area (Å²) in [5.74, 6) is -4.94. The lowest BCUT2D eigenvalue weighted by Crippen LogP contribution is -2.34. The third kappa shape index (κ3) is 4.49. The molecule has 112 valence electrons. The number of hydrogen-bond donors (Lipinski definition) is 5. The predicted molar refractivity (Wildman–Crippen MR) is 68.0 cm³/mol. The minimum Gasteiger partial charge on any atom is -0.507 e. The topological polar surface area (TPSA) is 153 Å². The summed E-state index contributed by atoms with van der Waals surface area (Å²) in [6.07, 6.45) is 0. The first-order valence-electron chi connectivity index (χ1n) is 5.65. The van der Waals surface area contributed by atoms with E-state index < -0.39 is 48.2 Å². The normalized spacial score (nSPS) is 9.71. The summed E-state index contributed by atoms with van der Waals surface area (Å²) in [7, 11) is 0. The van der Waals surface area contributed by atoms with Crippen molar-refractivity contribution in [1.29, 1.82) is 0 Å². The number of benzene rings is 1. The number of nitrogens with one attached hydrogen (secondary N) is 2. The van der Waals surface area contributed by atoms with Crippen LogP contribution in [0.5, 0.6) is 5.75 Å². The van der Waals surface area contributed by atoms with Crippen molar-refractivity contribution in [1.82, 2.24) is 10.6 Å². The highest BCUT2D eigenvalue weighted by Gasteiger charge is 2.21. The Morgan fingerprint density at radius 3 is 1.95 bits per heavy atom. The molecule has 5 N–H and O–H groups in total. The average Bonchev–Trinajstić information content (AvgIpc) is 2.41. The maximum atomic E-state index is 11.8. The lowest BCUT2D eigenvalue weighted by molar-refractivity contribution is -0.136. The first kappa shape index (κ1) is 16.0. The Labute approximate surface area is 118 Å². The van der Waals surface area contributed by atoms with Gasteiger partial charge in [0.15, 0.2) is 0 Å². The molecule has 21 heavy (non-hydrogen) atoms. The van der Waals surface area contributed by atoms with E-state index in [9.17, 15) is 24.3 Å². The predicted octanol–water partition coefficient (Wildman–Crippen LogP) is -0.979. The zero-order valence-corrected chi connectivity index (χ0v) is 10.6. The highest BCUT2D eigenvalue weighted by atomic mass is 16.4. The van der Waals surface area contributed by atoms with Crippen molar-refractivity contribution >= 4 is 23.8 Å². The van der Waals surface area contributed by atoms with Gasteiger partial charge in [-0.25, -0.2) is 0 Å². The molecule has 0 heterocycles. The van der Waals surface area contributed by atoms with E-state index in [0.29, 0.717) is 0 Å². The molecule has 1 aromatic rings. The van der Waals surface area contributed by atoms with Gasteiger partial charge in [0, 0.05) is 0 Å². The van der Waals surface area contributed by atoms with Crippen LogP contribution in [0.3, 0.4) is 0 Å². The largest absolute Gasteiger partial charge is 0.507 e. The molecule has 0 radical (unpaired) electrons. The quantitative estimate of drug-likeness (QED) is 0.452. The van der Waals surface area contributed by atoms with Crippen LogP contribution in [0.2, 0.25) is 0 Å². The van der Waals surface area contributed by atoms with Crippen LogP contribution in [0.25, 0.3) is 0 Å². The van der Waals surface area contributed by atoms with E-state index in [1.807, 2.05) is 10.6 Å². The summed E-state index contributed by atoms with van der Waals surface area (Å²) < 4.78 is 0. The molecular formula is C12H12N2O7. The van der Waals surface area contributed by atoms with Gasteiger partial charge in [0.2, 0.25) is 0 Å². The van der Waals surface area contributed by atoms with Crippen LogP contribution in [0.4, 0.5) is 0 Å². The van der Waals surface area contributed by atoms with E-state index >= 15 is 0 Å². The van der Waals surface area contributed by atoms with Gasteiger partial charge in [-0.3, -0.25) is 19.2 Å². The maximum absolute atomic E-state index is 11.8. The Morgan fingerprint density at radius 2 is 1.43 bits per heavy atom. The van der Waals surface area contributed by atoms with Gasteiger partial charge in [0.05, 0.1) is 11.1 Å². The number of carboxylic acid groups (broad SMARTS) is 2. The fraction of sp³-hybridized carbons (Fsp3) is 0.167. The molecule has 2 amide bonds. The van der Waals surface area contributed by atoms with Gasteiger partial charge in [-0.2, -0.15) is 0 Å². The van der Waals surface area contributed by atoms with Gasteiger partial charge in [0.1, 0.15) is 18.8 Å². The van der Waals surface area contributed by atoms with Crippen molar-refractivity contribution in [2.75, 3.05) is 13.1 Å². The summed E-state index contributed by atoms with van der Waals surface area (Å²) >= 11 is 0. The number of aliphatic carboxylic acids is 2. The third-order valence-electron chi connectivity index (χ3n) is 2.31. The highest BCUT2D eigenvalue weighted by molar-refractivity contribution is 6.09. The van der Waals surface area contributed by atoms with Crippen LogP contribution in [0.1, 0.15) is 20.7 Å². The van der Waals surface area contributed by atoms with Crippen LogP contribution in [-0.4, -0.2) is 52.2 Å². The van der Waals surface area contributed by atoms with E-state index in [0.717, 1.165) is 6.07 Å². The SMILES string of the molecule is O=C(O)CNC(=O)c1cccc(O)c1C(=O)NCC(=O)O. The molecule has 0 saturated carbocycles. The van der Waals surface area contributed by atoms with Crippen LogP contribution in [0, 0.1) is 0 Å². The summed E-state index contributed by atoms with van der Waals surface area (Å²) in [5.41, 5.74) is -0.694. The van der Waals surface area contributed by atoms with Crippen molar-refractivity contribution in [2.45, 2.75) is 0 Å². The molecule has 0 bridgehead atoms. The summed E-state index contributed by atoms with van der Waals surface area (Å²) in [4.78, 5) is 44.4. The Hall–Kier alpha value is -3.10. The molecule has 0 unspecified atom stereocenters. The van der Waals surface area contributed by atoms with Gasteiger partial charge < -0.3 is 26.0 Å². The molecule has 0 aliphatic heterocycles. The van der Waals surface area contributed by atoms with E-state index in [-0.39, 0.29) is 5.56 Å². The lowest BCUT2D eigenvalue weighted by atomic mass is 10.0. The van der Waals surface area contributed by atoms with E-state index in [1.165, 1.54) is 12.1 Å². The molecule has 0 atom stereocenters. The smallest absolute Gasteiger partial charge is 0.322 e. The maximum Gasteiger partial charge on any atom is 0.322 e. The number of carbonyl (C=O) groups is 4. The second-order valence-electron chi connectivity index (χ2n) is 3.85. The molecule has 0 aliphatic rings. The number of aromatic hydroxyl groups is 1. The summed E-state index contributed by atoms with van der Waals surface area (Å²) in [6, 6.07) is 3.63. The molecule has 0 fully saturated rings. The third-order valence-corrected chi connectivity index (χ3v) is 2.31. The van der Waals surface area contributed by atoms with Gasteiger partial charge >= 0.3 is 11.9 Å². The molecule has 0 aromatic heterocycles. The van der Waals surface area contributed by atoms with Gasteiger partial charge in [-0.1, -0.05) is 6.07 Å². The minimum absolute atomic E-state index is 0.265. The van der Waals surface area contributed by atoms with Gasteiger partial charge in [0.25, 0.3) is 11.8 Å². The molecule has 0 spiro atoms. The number of hydrogen-bond acceptors (Lipinski definition) is 5.